The number of rotatable bonds is 2. The summed E-state index contributed by atoms with van der Waals surface area (Å²) in [6.07, 6.45) is 14.1. The fraction of sp³-hybridized carbons (Fsp3) is 0.882. The minimum Gasteiger partial charge on any atom is -0.0889 e. The molecule has 0 aromatic heterocycles. The first-order valence-corrected chi connectivity index (χ1v) is 8.12. The first kappa shape index (κ1) is 12.8. The molecule has 1 saturated carbocycles. The van der Waals surface area contributed by atoms with Gasteiger partial charge in [0.15, 0.2) is 0 Å². The summed E-state index contributed by atoms with van der Waals surface area (Å²) >= 11 is 0. The molecule has 4 atom stereocenters. The largest absolute Gasteiger partial charge is 0.132 e. The molecule has 0 nitrogen and oxygen atoms in total. The van der Waals surface area contributed by atoms with Crippen molar-refractivity contribution in [2.24, 2.45) is 11.8 Å². The minimum absolute atomic E-state index is 0.478. The summed E-state index contributed by atoms with van der Waals surface area (Å²) in [5.74, 6) is 2.03. The Hall–Kier alpha value is -0.195. The Labute approximate surface area is 114 Å². The summed E-state index contributed by atoms with van der Waals surface area (Å²) < 4.78 is 0. The second-order valence-corrected chi connectivity index (χ2v) is 7.39. The Kier molecular flexibility index (Phi) is 3.15. The van der Waals surface area contributed by atoms with E-state index in [1.807, 2.05) is 0 Å². The molecule has 1 aliphatic carbocycles. The Bertz CT molecular complexity index is 359. The molecule has 99 valence electrons. The van der Waals surface area contributed by atoms with Gasteiger partial charge in [0.25, 0.3) is 0 Å². The molecule has 3 fully saturated rings. The predicted octanol–water partition coefficient (Wildman–Crippen LogP) is 5.39. The lowest BCUT2D eigenvalue weighted by Gasteiger charge is -2.47. The average Bonchev–Trinajstić information content (AvgIpc) is 3.13. The van der Waals surface area contributed by atoms with Crippen LogP contribution < -0.4 is 0 Å². The van der Waals surface area contributed by atoms with Crippen molar-refractivity contribution in [2.75, 3.05) is 0 Å². The van der Waals surface area contributed by atoms with Gasteiger partial charge in [0.05, 0.1) is 0 Å². The fourth-order valence-corrected chi connectivity index (χ4v) is 5.11. The van der Waals surface area contributed by atoms with E-state index in [1.165, 1.54) is 51.4 Å². The van der Waals surface area contributed by atoms with E-state index in [0.717, 1.165) is 11.8 Å². The number of fused-ring (bicyclic) bond motifs is 2. The van der Waals surface area contributed by atoms with E-state index in [0.29, 0.717) is 10.6 Å². The molecular formula is C17H28B. The Balaban J connectivity index is 1.92. The van der Waals surface area contributed by atoms with Crippen LogP contribution in [0.15, 0.2) is 11.6 Å². The topological polar surface area (TPSA) is 0 Å². The molecule has 0 aromatic rings. The fourth-order valence-electron chi connectivity index (χ4n) is 5.11. The van der Waals surface area contributed by atoms with E-state index in [2.05, 4.69) is 34.1 Å². The molecule has 2 heterocycles. The van der Waals surface area contributed by atoms with E-state index in [-0.39, 0.29) is 0 Å². The van der Waals surface area contributed by atoms with E-state index < -0.39 is 0 Å². The van der Waals surface area contributed by atoms with Crippen LogP contribution >= 0.6 is 0 Å². The molecule has 18 heavy (non-hydrogen) atoms. The number of hydrogen-bond acceptors (Lipinski definition) is 0. The van der Waals surface area contributed by atoms with Gasteiger partial charge in [-0.05, 0) is 37.4 Å². The smallest absolute Gasteiger partial charge is 0.0889 e. The van der Waals surface area contributed by atoms with Gasteiger partial charge in [-0.25, -0.2) is 0 Å². The van der Waals surface area contributed by atoms with Crippen molar-refractivity contribution in [3.8, 4) is 0 Å². The average molecular weight is 243 g/mol. The lowest BCUT2D eigenvalue weighted by Crippen LogP contribution is -2.37. The molecule has 4 unspecified atom stereocenters. The van der Waals surface area contributed by atoms with Crippen molar-refractivity contribution in [2.45, 2.75) is 82.8 Å². The molecule has 0 N–H and O–H groups in total. The third kappa shape index (κ3) is 1.89. The van der Waals surface area contributed by atoms with Crippen LogP contribution in [0, 0.1) is 11.8 Å². The van der Waals surface area contributed by atoms with Gasteiger partial charge in [-0.2, -0.15) is 0 Å². The van der Waals surface area contributed by atoms with E-state index >= 15 is 0 Å². The number of allylic oxidation sites excluding steroid dienone is 2. The standard InChI is InChI=1S/C17H28B/c1-4-14(3)16-8-5-6-9-17(18-16,11-7-10-16)15-12-13(15)2/h4,13,15H,5-12H2,1-3H3. The first-order chi connectivity index (χ1) is 8.62. The SMILES string of the molecule is CC=C(C)C12[B]C(C3CC3C)(CCCC1)CCC2. The van der Waals surface area contributed by atoms with Gasteiger partial charge in [0.2, 0.25) is 0 Å². The highest BCUT2D eigenvalue weighted by Crippen LogP contribution is 2.68. The first-order valence-electron chi connectivity index (χ1n) is 8.12. The highest BCUT2D eigenvalue weighted by atomic mass is 14.5. The van der Waals surface area contributed by atoms with Crippen LogP contribution in [0.5, 0.6) is 0 Å². The van der Waals surface area contributed by atoms with Gasteiger partial charge in [-0.15, -0.1) is 0 Å². The summed E-state index contributed by atoms with van der Waals surface area (Å²) in [5.41, 5.74) is 1.65. The maximum atomic E-state index is 2.88. The minimum atomic E-state index is 0.478. The van der Waals surface area contributed by atoms with Crippen LogP contribution in [0.4, 0.5) is 0 Å². The molecule has 1 heteroatoms. The third-order valence-corrected chi connectivity index (χ3v) is 6.41. The number of hydrogen-bond donors (Lipinski definition) is 0. The summed E-state index contributed by atoms with van der Waals surface area (Å²) in [6.45, 7) is 7.09. The molecule has 2 bridgehead atoms. The Morgan fingerprint density at radius 3 is 2.39 bits per heavy atom. The second-order valence-electron chi connectivity index (χ2n) is 7.39. The lowest BCUT2D eigenvalue weighted by atomic mass is 9.30. The molecule has 2 saturated heterocycles. The summed E-state index contributed by atoms with van der Waals surface area (Å²) in [5, 5.41) is 1.10. The van der Waals surface area contributed by atoms with E-state index in [4.69, 9.17) is 0 Å². The van der Waals surface area contributed by atoms with Crippen LogP contribution in [-0.4, -0.2) is 7.28 Å². The van der Waals surface area contributed by atoms with Crippen molar-refractivity contribution in [1.82, 2.24) is 0 Å². The zero-order valence-corrected chi connectivity index (χ0v) is 12.5. The van der Waals surface area contributed by atoms with Crippen LogP contribution in [0.25, 0.3) is 0 Å². The predicted molar refractivity (Wildman–Crippen MR) is 80.2 cm³/mol. The van der Waals surface area contributed by atoms with Crippen molar-refractivity contribution in [3.63, 3.8) is 0 Å². The highest BCUT2D eigenvalue weighted by Gasteiger charge is 2.56. The molecule has 2 aliphatic heterocycles. The highest BCUT2D eigenvalue weighted by molar-refractivity contribution is 6.46. The summed E-state index contributed by atoms with van der Waals surface area (Å²) in [7, 11) is 2.88. The van der Waals surface area contributed by atoms with Gasteiger partial charge in [-0.3, -0.25) is 0 Å². The van der Waals surface area contributed by atoms with Crippen LogP contribution in [0.3, 0.4) is 0 Å². The van der Waals surface area contributed by atoms with Gasteiger partial charge < -0.3 is 0 Å². The van der Waals surface area contributed by atoms with Crippen LogP contribution in [0.2, 0.25) is 10.6 Å². The zero-order valence-electron chi connectivity index (χ0n) is 12.5. The van der Waals surface area contributed by atoms with Crippen molar-refractivity contribution in [3.05, 3.63) is 11.6 Å². The van der Waals surface area contributed by atoms with Gasteiger partial charge in [0.1, 0.15) is 7.28 Å². The zero-order chi connectivity index (χ0) is 12.8. The van der Waals surface area contributed by atoms with Crippen molar-refractivity contribution < 1.29 is 0 Å². The summed E-state index contributed by atoms with van der Waals surface area (Å²) in [4.78, 5) is 0. The molecule has 3 rings (SSSR count). The molecule has 0 spiro atoms. The molecule has 0 amide bonds. The van der Waals surface area contributed by atoms with Crippen molar-refractivity contribution in [1.29, 1.82) is 0 Å². The lowest BCUT2D eigenvalue weighted by molar-refractivity contribution is 0.350. The molecule has 0 aromatic carbocycles. The maximum absolute atomic E-state index is 2.88. The maximum Gasteiger partial charge on any atom is 0.132 e. The van der Waals surface area contributed by atoms with Crippen LogP contribution in [0.1, 0.15) is 72.1 Å². The monoisotopic (exact) mass is 243 g/mol. The van der Waals surface area contributed by atoms with Crippen molar-refractivity contribution >= 4 is 7.28 Å². The van der Waals surface area contributed by atoms with Gasteiger partial charge >= 0.3 is 0 Å². The summed E-state index contributed by atoms with van der Waals surface area (Å²) in [6, 6.07) is 0. The normalized spacial score (nSPS) is 48.3. The second kappa shape index (κ2) is 4.42. The molecular weight excluding hydrogens is 215 g/mol. The van der Waals surface area contributed by atoms with Gasteiger partial charge in [-0.1, -0.05) is 68.8 Å². The van der Waals surface area contributed by atoms with Gasteiger partial charge in [0, 0.05) is 0 Å². The Morgan fingerprint density at radius 2 is 1.72 bits per heavy atom. The van der Waals surface area contributed by atoms with E-state index in [9.17, 15) is 0 Å². The molecule has 1 radical (unpaired) electrons. The quantitative estimate of drug-likeness (QED) is 0.450. The molecule has 3 aliphatic rings. The third-order valence-electron chi connectivity index (χ3n) is 6.41. The van der Waals surface area contributed by atoms with E-state index in [1.54, 1.807) is 5.57 Å². The van der Waals surface area contributed by atoms with Crippen LogP contribution in [-0.2, 0) is 0 Å². The Morgan fingerprint density at radius 1 is 1.11 bits per heavy atom.